The fourth-order valence-electron chi connectivity index (χ4n) is 2.04. The third-order valence-electron chi connectivity index (χ3n) is 3.05. The fraction of sp³-hybridized carbons (Fsp3) is 0.714. The Bertz CT molecular complexity index is 182. The van der Waals surface area contributed by atoms with Crippen molar-refractivity contribution in [1.29, 1.82) is 0 Å². The summed E-state index contributed by atoms with van der Waals surface area (Å²) in [5.74, 6) is 0. The number of rotatable bonds is 9. The van der Waals surface area contributed by atoms with Gasteiger partial charge in [0.15, 0.2) is 0 Å². The lowest BCUT2D eigenvalue weighted by Gasteiger charge is -2.06. The van der Waals surface area contributed by atoms with Gasteiger partial charge < -0.3 is 0 Å². The van der Waals surface area contributed by atoms with Crippen LogP contribution in [0.15, 0.2) is 24.6 Å². The second kappa shape index (κ2) is 8.72. The largest absolute Gasteiger partial charge is 0.282 e. The Hall–Kier alpha value is -0.560. The molecular weight excluding hydrogens is 182 g/mol. The van der Waals surface area contributed by atoms with E-state index in [1.54, 1.807) is 0 Å². The molecule has 0 unspecified atom stereocenters. The number of allylic oxidation sites excluding steroid dienone is 2. The molecule has 1 nitrogen and oxygen atoms in total. The summed E-state index contributed by atoms with van der Waals surface area (Å²) in [5, 5.41) is 0. The molecule has 0 aliphatic carbocycles. The molecule has 0 aromatic carbocycles. The molecule has 1 aliphatic rings. The van der Waals surface area contributed by atoms with Crippen molar-refractivity contribution in [2.24, 2.45) is 0 Å². The van der Waals surface area contributed by atoms with Crippen LogP contribution in [0, 0.1) is 0 Å². The molecular formula is C14H26N+. The highest BCUT2D eigenvalue weighted by Crippen LogP contribution is 2.07. The highest BCUT2D eigenvalue weighted by molar-refractivity contribution is 5.00. The van der Waals surface area contributed by atoms with Gasteiger partial charge in [-0.2, -0.15) is 0 Å². The molecule has 0 spiro atoms. The van der Waals surface area contributed by atoms with Gasteiger partial charge in [-0.15, -0.1) is 0 Å². The first kappa shape index (κ1) is 12.5. The summed E-state index contributed by atoms with van der Waals surface area (Å²) in [6.07, 6.45) is 20.1. The Morgan fingerprint density at radius 2 is 1.27 bits per heavy atom. The van der Waals surface area contributed by atoms with Gasteiger partial charge in [0, 0.05) is 0 Å². The number of hydrogen-bond acceptors (Lipinski definition) is 0. The van der Waals surface area contributed by atoms with Crippen LogP contribution in [0.2, 0.25) is 0 Å². The van der Waals surface area contributed by atoms with Gasteiger partial charge >= 0.3 is 0 Å². The number of nitrogens with one attached hydrogen (secondary N) is 1. The minimum Gasteiger partial charge on any atom is -0.282 e. The van der Waals surface area contributed by atoms with Crippen LogP contribution < -0.4 is 4.90 Å². The van der Waals surface area contributed by atoms with E-state index in [9.17, 15) is 0 Å². The van der Waals surface area contributed by atoms with Gasteiger partial charge in [0.05, 0.1) is 18.9 Å². The van der Waals surface area contributed by atoms with E-state index in [0.717, 1.165) is 0 Å². The second-order valence-corrected chi connectivity index (χ2v) is 4.52. The van der Waals surface area contributed by atoms with E-state index in [-0.39, 0.29) is 0 Å². The van der Waals surface area contributed by atoms with Crippen molar-refractivity contribution < 1.29 is 4.90 Å². The van der Waals surface area contributed by atoms with Gasteiger partial charge in [0.2, 0.25) is 0 Å². The van der Waals surface area contributed by atoms with E-state index >= 15 is 0 Å². The van der Waals surface area contributed by atoms with Crippen molar-refractivity contribution in [3.05, 3.63) is 24.6 Å². The van der Waals surface area contributed by atoms with E-state index in [1.807, 2.05) is 0 Å². The number of unbranched alkanes of at least 4 members (excludes halogenated alkanes) is 7. The van der Waals surface area contributed by atoms with E-state index in [1.165, 1.54) is 62.8 Å². The monoisotopic (exact) mass is 208 g/mol. The van der Waals surface area contributed by atoms with Gasteiger partial charge in [0.1, 0.15) is 0 Å². The summed E-state index contributed by atoms with van der Waals surface area (Å²) in [7, 11) is 0. The first-order chi connectivity index (χ1) is 7.43. The molecule has 0 saturated heterocycles. The predicted octanol–water partition coefficient (Wildman–Crippen LogP) is 3.05. The lowest BCUT2D eigenvalue weighted by atomic mass is 10.1. The zero-order chi connectivity index (χ0) is 10.8. The van der Waals surface area contributed by atoms with Crippen LogP contribution in [0.5, 0.6) is 0 Å². The molecule has 1 aliphatic heterocycles. The molecule has 0 aromatic rings. The van der Waals surface area contributed by atoms with Crippen molar-refractivity contribution in [3.63, 3.8) is 0 Å². The lowest BCUT2D eigenvalue weighted by Crippen LogP contribution is -3.01. The standard InChI is InChI=1S/C14H25N/c1-2-3-4-5-6-7-8-9-12-15-13-10-11-14-15/h10-11,13-14H,2-9,12H2,1H3/p+1. The molecule has 0 fully saturated rings. The summed E-state index contributed by atoms with van der Waals surface area (Å²) in [5.41, 5.74) is 0. The number of quaternary nitrogens is 1. The van der Waals surface area contributed by atoms with Crippen LogP contribution in [0.3, 0.4) is 0 Å². The van der Waals surface area contributed by atoms with Crippen molar-refractivity contribution in [1.82, 2.24) is 0 Å². The zero-order valence-corrected chi connectivity index (χ0v) is 10.2. The molecule has 1 heterocycles. The summed E-state index contributed by atoms with van der Waals surface area (Å²) in [4.78, 5) is 1.51. The fourth-order valence-corrected chi connectivity index (χ4v) is 2.04. The average Bonchev–Trinajstić information content (AvgIpc) is 2.75. The molecule has 0 amide bonds. The Kier molecular flexibility index (Phi) is 7.28. The van der Waals surface area contributed by atoms with Crippen molar-refractivity contribution in [3.8, 4) is 0 Å². The van der Waals surface area contributed by atoms with Crippen LogP contribution >= 0.6 is 0 Å². The summed E-state index contributed by atoms with van der Waals surface area (Å²) >= 11 is 0. The highest BCUT2D eigenvalue weighted by atomic mass is 15.1. The Morgan fingerprint density at radius 1 is 0.733 bits per heavy atom. The molecule has 0 bridgehead atoms. The molecule has 0 atom stereocenters. The zero-order valence-electron chi connectivity index (χ0n) is 10.2. The third-order valence-corrected chi connectivity index (χ3v) is 3.05. The van der Waals surface area contributed by atoms with Gasteiger partial charge in [-0.1, -0.05) is 45.4 Å². The van der Waals surface area contributed by atoms with Crippen LogP contribution in [-0.2, 0) is 0 Å². The molecule has 15 heavy (non-hydrogen) atoms. The van der Waals surface area contributed by atoms with Crippen LogP contribution in [0.1, 0.15) is 58.3 Å². The van der Waals surface area contributed by atoms with Gasteiger partial charge in [-0.25, -0.2) is 0 Å². The lowest BCUT2D eigenvalue weighted by molar-refractivity contribution is -0.787. The molecule has 1 heteroatoms. The summed E-state index contributed by atoms with van der Waals surface area (Å²) in [6.45, 7) is 3.56. The highest BCUT2D eigenvalue weighted by Gasteiger charge is 2.02. The van der Waals surface area contributed by atoms with Gasteiger partial charge in [0.25, 0.3) is 0 Å². The Balaban J connectivity index is 1.77. The van der Waals surface area contributed by atoms with Gasteiger partial charge in [-0.05, 0) is 25.0 Å². The van der Waals surface area contributed by atoms with E-state index < -0.39 is 0 Å². The maximum Gasteiger partial charge on any atom is 0.0990 e. The molecule has 86 valence electrons. The minimum absolute atomic E-state index is 1.28. The summed E-state index contributed by atoms with van der Waals surface area (Å²) < 4.78 is 0. The van der Waals surface area contributed by atoms with E-state index in [2.05, 4.69) is 31.5 Å². The maximum atomic E-state index is 2.28. The Morgan fingerprint density at radius 3 is 1.87 bits per heavy atom. The molecule has 1 rings (SSSR count). The predicted molar refractivity (Wildman–Crippen MR) is 66.7 cm³/mol. The van der Waals surface area contributed by atoms with Crippen LogP contribution in [0.25, 0.3) is 0 Å². The van der Waals surface area contributed by atoms with Crippen LogP contribution in [-0.4, -0.2) is 6.54 Å². The topological polar surface area (TPSA) is 4.44 Å². The van der Waals surface area contributed by atoms with Crippen LogP contribution in [0.4, 0.5) is 0 Å². The third kappa shape index (κ3) is 6.51. The smallest absolute Gasteiger partial charge is 0.0990 e. The second-order valence-electron chi connectivity index (χ2n) is 4.52. The van der Waals surface area contributed by atoms with Crippen molar-refractivity contribution >= 4 is 0 Å². The Labute approximate surface area is 94.9 Å². The first-order valence-electron chi connectivity index (χ1n) is 6.64. The number of hydrogen-bond donors (Lipinski definition) is 1. The normalized spacial score (nSPS) is 15.3. The minimum atomic E-state index is 1.28. The van der Waals surface area contributed by atoms with Crippen molar-refractivity contribution in [2.75, 3.05) is 6.54 Å². The quantitative estimate of drug-likeness (QED) is 0.555. The van der Waals surface area contributed by atoms with Crippen molar-refractivity contribution in [2.45, 2.75) is 58.3 Å². The van der Waals surface area contributed by atoms with Gasteiger partial charge in [-0.3, -0.25) is 4.90 Å². The van der Waals surface area contributed by atoms with E-state index in [4.69, 9.17) is 0 Å². The summed E-state index contributed by atoms with van der Waals surface area (Å²) in [6, 6.07) is 0. The molecule has 1 N–H and O–H groups in total. The molecule has 0 saturated carbocycles. The molecule has 0 aromatic heterocycles. The SMILES string of the molecule is CCCCCCCCCC[NH+]1C=CC=C1. The average molecular weight is 208 g/mol. The first-order valence-corrected chi connectivity index (χ1v) is 6.64. The van der Waals surface area contributed by atoms with E-state index in [0.29, 0.717) is 0 Å². The molecule has 0 radical (unpaired) electrons. The maximum absolute atomic E-state index is 2.28.